The third-order valence-electron chi connectivity index (χ3n) is 2.69. The van der Waals surface area contributed by atoms with Gasteiger partial charge in [0.15, 0.2) is 0 Å². The van der Waals surface area contributed by atoms with Gasteiger partial charge < -0.3 is 10.1 Å². The summed E-state index contributed by atoms with van der Waals surface area (Å²) in [5.41, 5.74) is 1.22. The van der Waals surface area contributed by atoms with Crippen LogP contribution in [0.15, 0.2) is 28.7 Å². The fourth-order valence-corrected chi connectivity index (χ4v) is 1.99. The van der Waals surface area contributed by atoms with Gasteiger partial charge in [-0.2, -0.15) is 0 Å². The maximum atomic E-state index is 5.78. The first-order valence-electron chi connectivity index (χ1n) is 5.83. The summed E-state index contributed by atoms with van der Waals surface area (Å²) in [6, 6.07) is 9.02. The van der Waals surface area contributed by atoms with Gasteiger partial charge in [-0.15, -0.1) is 0 Å². The molecule has 2 rings (SSSR count). The van der Waals surface area contributed by atoms with Crippen molar-refractivity contribution >= 4 is 15.9 Å². The normalized spacial score (nSPS) is 17.4. The molecule has 0 heterocycles. The van der Waals surface area contributed by atoms with Crippen LogP contribution in [0.4, 0.5) is 0 Å². The van der Waals surface area contributed by atoms with Gasteiger partial charge in [0, 0.05) is 17.1 Å². The van der Waals surface area contributed by atoms with Crippen LogP contribution in [0.3, 0.4) is 0 Å². The number of nitrogens with one attached hydrogen (secondary N) is 1. The van der Waals surface area contributed by atoms with E-state index in [0.29, 0.717) is 6.61 Å². The minimum absolute atomic E-state index is 0.277. The summed E-state index contributed by atoms with van der Waals surface area (Å²) in [7, 11) is 0. The van der Waals surface area contributed by atoms with Gasteiger partial charge in [-0.3, -0.25) is 0 Å². The van der Waals surface area contributed by atoms with Crippen LogP contribution >= 0.6 is 15.9 Å². The fourth-order valence-electron chi connectivity index (χ4n) is 1.54. The maximum Gasteiger partial charge on any atom is 0.0721 e. The van der Waals surface area contributed by atoms with Gasteiger partial charge in [0.2, 0.25) is 0 Å². The Labute approximate surface area is 106 Å². The Morgan fingerprint density at radius 3 is 3.00 bits per heavy atom. The number of hydrogen-bond donors (Lipinski definition) is 1. The first-order chi connectivity index (χ1) is 7.74. The zero-order valence-corrected chi connectivity index (χ0v) is 11.2. The van der Waals surface area contributed by atoms with Crippen LogP contribution in [-0.4, -0.2) is 18.7 Å². The molecular weight excluding hydrogens is 266 g/mol. The average molecular weight is 284 g/mol. The molecule has 0 aliphatic heterocycles. The monoisotopic (exact) mass is 283 g/mol. The molecule has 1 aromatic rings. The van der Waals surface area contributed by atoms with Crippen molar-refractivity contribution in [1.82, 2.24) is 5.32 Å². The Morgan fingerprint density at radius 1 is 1.50 bits per heavy atom. The van der Waals surface area contributed by atoms with E-state index < -0.39 is 0 Å². The molecule has 1 aliphatic rings. The van der Waals surface area contributed by atoms with Crippen molar-refractivity contribution in [3.8, 4) is 0 Å². The van der Waals surface area contributed by atoms with Gasteiger partial charge in [-0.25, -0.2) is 0 Å². The summed E-state index contributed by atoms with van der Waals surface area (Å²) in [6.45, 7) is 3.76. The van der Waals surface area contributed by atoms with Crippen LogP contribution in [0.2, 0.25) is 0 Å². The lowest BCUT2D eigenvalue weighted by molar-refractivity contribution is 0.0530. The summed E-state index contributed by atoms with van der Waals surface area (Å²) < 4.78 is 6.89. The summed E-state index contributed by atoms with van der Waals surface area (Å²) in [5, 5.41) is 3.47. The summed E-state index contributed by atoms with van der Waals surface area (Å²) in [4.78, 5) is 0. The molecule has 1 fully saturated rings. The van der Waals surface area contributed by atoms with Crippen molar-refractivity contribution in [2.45, 2.75) is 38.5 Å². The Balaban J connectivity index is 1.69. The SMILES string of the molecule is CC(CNC1CC1)OCc1cccc(Br)c1. The maximum absolute atomic E-state index is 5.78. The molecule has 0 radical (unpaired) electrons. The number of halogens is 1. The van der Waals surface area contributed by atoms with Crippen molar-refractivity contribution in [3.63, 3.8) is 0 Å². The molecule has 2 nitrogen and oxygen atoms in total. The van der Waals surface area contributed by atoms with Crippen LogP contribution in [0.25, 0.3) is 0 Å². The van der Waals surface area contributed by atoms with Crippen LogP contribution in [0.5, 0.6) is 0 Å². The van der Waals surface area contributed by atoms with E-state index in [1.54, 1.807) is 0 Å². The minimum Gasteiger partial charge on any atom is -0.373 e. The van der Waals surface area contributed by atoms with Crippen molar-refractivity contribution < 1.29 is 4.74 Å². The lowest BCUT2D eigenvalue weighted by Crippen LogP contribution is -2.28. The summed E-state index contributed by atoms with van der Waals surface area (Å²) >= 11 is 3.46. The molecule has 1 atom stereocenters. The molecule has 1 unspecified atom stereocenters. The standard InChI is InChI=1S/C13H18BrNO/c1-10(8-15-13-5-6-13)16-9-11-3-2-4-12(14)7-11/h2-4,7,10,13,15H,5-6,8-9H2,1H3. The third kappa shape index (κ3) is 4.24. The lowest BCUT2D eigenvalue weighted by atomic mass is 10.2. The Kier molecular flexibility index (Phi) is 4.38. The second-order valence-electron chi connectivity index (χ2n) is 4.43. The molecule has 1 aromatic carbocycles. The highest BCUT2D eigenvalue weighted by Gasteiger charge is 2.20. The van der Waals surface area contributed by atoms with Gasteiger partial charge in [-0.05, 0) is 37.5 Å². The molecule has 0 saturated heterocycles. The van der Waals surface area contributed by atoms with E-state index in [1.165, 1.54) is 18.4 Å². The number of ether oxygens (including phenoxy) is 1. The second-order valence-corrected chi connectivity index (χ2v) is 5.35. The Morgan fingerprint density at radius 2 is 2.31 bits per heavy atom. The Bertz CT molecular complexity index is 338. The fraction of sp³-hybridized carbons (Fsp3) is 0.538. The van der Waals surface area contributed by atoms with E-state index in [4.69, 9.17) is 4.74 Å². The molecule has 16 heavy (non-hydrogen) atoms. The molecule has 3 heteroatoms. The highest BCUT2D eigenvalue weighted by Crippen LogP contribution is 2.18. The lowest BCUT2D eigenvalue weighted by Gasteiger charge is -2.13. The van der Waals surface area contributed by atoms with Crippen LogP contribution in [0.1, 0.15) is 25.3 Å². The molecule has 0 amide bonds. The number of hydrogen-bond acceptors (Lipinski definition) is 2. The average Bonchev–Trinajstić information content (AvgIpc) is 3.07. The molecule has 0 aromatic heterocycles. The quantitative estimate of drug-likeness (QED) is 0.866. The molecule has 1 aliphatic carbocycles. The first-order valence-corrected chi connectivity index (χ1v) is 6.63. The second kappa shape index (κ2) is 5.80. The van der Waals surface area contributed by atoms with E-state index in [2.05, 4.69) is 40.3 Å². The van der Waals surface area contributed by atoms with E-state index >= 15 is 0 Å². The topological polar surface area (TPSA) is 21.3 Å². The van der Waals surface area contributed by atoms with Gasteiger partial charge in [0.1, 0.15) is 0 Å². The van der Waals surface area contributed by atoms with Crippen molar-refractivity contribution in [2.24, 2.45) is 0 Å². The molecule has 1 saturated carbocycles. The molecule has 88 valence electrons. The van der Waals surface area contributed by atoms with Crippen molar-refractivity contribution in [1.29, 1.82) is 0 Å². The highest BCUT2D eigenvalue weighted by molar-refractivity contribution is 9.10. The van der Waals surface area contributed by atoms with Crippen LogP contribution in [-0.2, 0) is 11.3 Å². The van der Waals surface area contributed by atoms with E-state index in [1.807, 2.05) is 12.1 Å². The predicted molar refractivity (Wildman–Crippen MR) is 69.4 cm³/mol. The minimum atomic E-state index is 0.277. The summed E-state index contributed by atoms with van der Waals surface area (Å²) in [6.07, 6.45) is 2.94. The van der Waals surface area contributed by atoms with Crippen LogP contribution in [0, 0.1) is 0 Å². The largest absolute Gasteiger partial charge is 0.373 e. The van der Waals surface area contributed by atoms with E-state index in [0.717, 1.165) is 17.1 Å². The van der Waals surface area contributed by atoms with Gasteiger partial charge in [0.25, 0.3) is 0 Å². The Hall–Kier alpha value is -0.380. The van der Waals surface area contributed by atoms with Gasteiger partial charge in [-0.1, -0.05) is 28.1 Å². The number of benzene rings is 1. The van der Waals surface area contributed by atoms with Crippen molar-refractivity contribution in [3.05, 3.63) is 34.3 Å². The molecule has 0 spiro atoms. The predicted octanol–water partition coefficient (Wildman–Crippen LogP) is 3.11. The zero-order chi connectivity index (χ0) is 11.4. The van der Waals surface area contributed by atoms with Crippen LogP contribution < -0.4 is 5.32 Å². The highest BCUT2D eigenvalue weighted by atomic mass is 79.9. The first kappa shape index (κ1) is 12.1. The summed E-state index contributed by atoms with van der Waals surface area (Å²) in [5.74, 6) is 0. The smallest absolute Gasteiger partial charge is 0.0721 e. The van der Waals surface area contributed by atoms with Gasteiger partial charge in [0.05, 0.1) is 12.7 Å². The molecule has 0 bridgehead atoms. The zero-order valence-electron chi connectivity index (χ0n) is 9.58. The molecule has 1 N–H and O–H groups in total. The third-order valence-corrected chi connectivity index (χ3v) is 3.19. The molecular formula is C13H18BrNO. The van der Waals surface area contributed by atoms with Gasteiger partial charge >= 0.3 is 0 Å². The van der Waals surface area contributed by atoms with Crippen molar-refractivity contribution in [2.75, 3.05) is 6.54 Å². The van der Waals surface area contributed by atoms with E-state index in [9.17, 15) is 0 Å². The van der Waals surface area contributed by atoms with E-state index in [-0.39, 0.29) is 6.10 Å². The number of rotatable bonds is 6.